The van der Waals surface area contributed by atoms with E-state index < -0.39 is 68.8 Å². The van der Waals surface area contributed by atoms with Gasteiger partial charge < -0.3 is 32.1 Å². The number of nitrogens with two attached hydrogens (primary N) is 1. The molecular weight excluding hydrogens is 598 g/mol. The molecule has 0 saturated carbocycles. The molecule has 5 atom stereocenters. The molecule has 7 N–H and O–H groups in total. The summed E-state index contributed by atoms with van der Waals surface area (Å²) < 4.78 is 23.7. The van der Waals surface area contributed by atoms with Crippen molar-refractivity contribution in [2.75, 3.05) is 12.0 Å². The van der Waals surface area contributed by atoms with Gasteiger partial charge in [0.25, 0.3) is 0 Å². The standard InChI is InChI=1S/C28H45N5O8S2/c1-6-20(30-17(4)34)26(37)33-23(14-18-7-9-19(35)10-8-18)28(39)32-22(13-16(2)3)27(38)31-21(11-12-25(29)36)24(42)15-43(5,40)41/h7-10,16,20-24,35,42H,6,11-15H2,1-5H3,(H2,29,36)(H,30,34)(H,31,38)(H,32,39)(H,33,37)/t20-,21-,22-,23+,24-/m0/s1. The van der Waals surface area contributed by atoms with Gasteiger partial charge in [-0.15, -0.1) is 0 Å². The van der Waals surface area contributed by atoms with Crippen LogP contribution in [0.2, 0.25) is 0 Å². The number of hydrogen-bond acceptors (Lipinski definition) is 9. The fourth-order valence-corrected chi connectivity index (χ4v) is 6.18. The normalized spacial score (nSPS) is 15.0. The maximum absolute atomic E-state index is 13.6. The number of carbonyl (C=O) groups excluding carboxylic acids is 5. The van der Waals surface area contributed by atoms with E-state index in [2.05, 4.69) is 33.9 Å². The van der Waals surface area contributed by atoms with Gasteiger partial charge in [-0.25, -0.2) is 8.42 Å². The van der Waals surface area contributed by atoms with Gasteiger partial charge in [-0.2, -0.15) is 12.6 Å². The van der Waals surface area contributed by atoms with Gasteiger partial charge in [-0.05, 0) is 42.9 Å². The van der Waals surface area contributed by atoms with Crippen molar-refractivity contribution in [3.63, 3.8) is 0 Å². The number of amides is 5. The minimum absolute atomic E-state index is 0.0126. The summed E-state index contributed by atoms with van der Waals surface area (Å²) in [7, 11) is -3.47. The molecule has 0 unspecified atom stereocenters. The molecule has 0 bridgehead atoms. The maximum atomic E-state index is 13.6. The van der Waals surface area contributed by atoms with E-state index in [0.717, 1.165) is 6.26 Å². The average molecular weight is 644 g/mol. The predicted molar refractivity (Wildman–Crippen MR) is 166 cm³/mol. The number of benzene rings is 1. The van der Waals surface area contributed by atoms with Crippen LogP contribution in [0, 0.1) is 5.92 Å². The zero-order chi connectivity index (χ0) is 32.9. The summed E-state index contributed by atoms with van der Waals surface area (Å²) in [5.74, 6) is -3.35. The highest BCUT2D eigenvalue weighted by Crippen LogP contribution is 2.15. The highest BCUT2D eigenvalue weighted by Gasteiger charge is 2.32. The fraction of sp³-hybridized carbons (Fsp3) is 0.607. The third kappa shape index (κ3) is 15.1. The van der Waals surface area contributed by atoms with Gasteiger partial charge in [0.15, 0.2) is 0 Å². The van der Waals surface area contributed by atoms with Crippen molar-refractivity contribution in [2.45, 2.75) is 89.2 Å². The summed E-state index contributed by atoms with van der Waals surface area (Å²) in [6.45, 7) is 6.66. The first-order valence-corrected chi connectivity index (χ1v) is 16.6. The van der Waals surface area contributed by atoms with Crippen molar-refractivity contribution >= 4 is 52.0 Å². The lowest BCUT2D eigenvalue weighted by Gasteiger charge is -2.29. The number of carbonyl (C=O) groups is 5. The number of phenols is 1. The zero-order valence-electron chi connectivity index (χ0n) is 25.3. The van der Waals surface area contributed by atoms with Crippen LogP contribution in [-0.4, -0.2) is 84.5 Å². The quantitative estimate of drug-likeness (QED) is 0.108. The van der Waals surface area contributed by atoms with Crippen LogP contribution in [0.1, 0.15) is 58.9 Å². The fourth-order valence-electron chi connectivity index (χ4n) is 4.29. The molecular formula is C28H45N5O8S2. The van der Waals surface area contributed by atoms with E-state index in [-0.39, 0.29) is 49.5 Å². The molecule has 0 aliphatic carbocycles. The van der Waals surface area contributed by atoms with E-state index in [4.69, 9.17) is 5.73 Å². The van der Waals surface area contributed by atoms with Crippen LogP contribution in [0.4, 0.5) is 0 Å². The molecule has 1 aromatic carbocycles. The first-order valence-electron chi connectivity index (χ1n) is 14.0. The number of primary amides is 1. The van der Waals surface area contributed by atoms with Crippen molar-refractivity contribution in [3.05, 3.63) is 29.8 Å². The third-order valence-electron chi connectivity index (χ3n) is 6.42. The summed E-state index contributed by atoms with van der Waals surface area (Å²) in [5, 5.41) is 19.4. The molecule has 13 nitrogen and oxygen atoms in total. The van der Waals surface area contributed by atoms with E-state index in [1.54, 1.807) is 19.1 Å². The molecule has 0 radical (unpaired) electrons. The minimum atomic E-state index is -3.47. The van der Waals surface area contributed by atoms with Crippen LogP contribution in [0.15, 0.2) is 24.3 Å². The number of hydrogen-bond donors (Lipinski definition) is 7. The number of aromatic hydroxyl groups is 1. The molecule has 0 fully saturated rings. The molecule has 0 aliphatic rings. The highest BCUT2D eigenvalue weighted by atomic mass is 32.2. The smallest absolute Gasteiger partial charge is 0.243 e. The highest BCUT2D eigenvalue weighted by molar-refractivity contribution is 7.92. The Bertz CT molecular complexity index is 1220. The average Bonchev–Trinajstić information content (AvgIpc) is 2.88. The van der Waals surface area contributed by atoms with Gasteiger partial charge in [0.05, 0.1) is 5.75 Å². The minimum Gasteiger partial charge on any atom is -0.508 e. The van der Waals surface area contributed by atoms with E-state index in [0.29, 0.717) is 5.56 Å². The van der Waals surface area contributed by atoms with Gasteiger partial charge >= 0.3 is 0 Å². The first kappa shape index (κ1) is 37.7. The molecule has 1 rings (SSSR count). The van der Waals surface area contributed by atoms with Crippen LogP contribution in [0.5, 0.6) is 5.75 Å². The number of phenolic OH excluding ortho intramolecular Hbond substituents is 1. The number of nitrogens with one attached hydrogen (secondary N) is 4. The molecule has 43 heavy (non-hydrogen) atoms. The van der Waals surface area contributed by atoms with E-state index in [1.165, 1.54) is 19.1 Å². The van der Waals surface area contributed by atoms with Crippen molar-refractivity contribution < 1.29 is 37.5 Å². The topological polar surface area (TPSA) is 214 Å². The predicted octanol–water partition coefficient (Wildman–Crippen LogP) is -0.0416. The van der Waals surface area contributed by atoms with Crippen molar-refractivity contribution in [1.29, 1.82) is 0 Å². The molecule has 0 spiro atoms. The molecule has 0 aromatic heterocycles. The second-order valence-corrected chi connectivity index (χ2v) is 13.9. The maximum Gasteiger partial charge on any atom is 0.243 e. The molecule has 15 heteroatoms. The second-order valence-electron chi connectivity index (χ2n) is 11.1. The molecule has 242 valence electrons. The lowest BCUT2D eigenvalue weighted by molar-refractivity contribution is -0.133. The molecule has 0 aliphatic heterocycles. The second kappa shape index (κ2) is 17.7. The summed E-state index contributed by atoms with van der Waals surface area (Å²) in [4.78, 5) is 63.1. The Hall–Kier alpha value is -3.33. The summed E-state index contributed by atoms with van der Waals surface area (Å²) >= 11 is 4.36. The van der Waals surface area contributed by atoms with Gasteiger partial charge in [0, 0.05) is 37.3 Å². The Morgan fingerprint density at radius 1 is 0.907 bits per heavy atom. The molecule has 1 aromatic rings. The van der Waals surface area contributed by atoms with Crippen LogP contribution in [0.3, 0.4) is 0 Å². The van der Waals surface area contributed by atoms with Crippen LogP contribution in [-0.2, 0) is 40.2 Å². The summed E-state index contributed by atoms with van der Waals surface area (Å²) in [6, 6.07) is 2.06. The first-order chi connectivity index (χ1) is 19.9. The van der Waals surface area contributed by atoms with Gasteiger partial charge in [-0.3, -0.25) is 24.0 Å². The summed E-state index contributed by atoms with van der Waals surface area (Å²) in [6.07, 6.45) is 1.42. The zero-order valence-corrected chi connectivity index (χ0v) is 27.0. The van der Waals surface area contributed by atoms with E-state index in [9.17, 15) is 37.5 Å². The number of rotatable bonds is 18. The van der Waals surface area contributed by atoms with Gasteiger partial charge in [-0.1, -0.05) is 32.9 Å². The van der Waals surface area contributed by atoms with E-state index >= 15 is 0 Å². The van der Waals surface area contributed by atoms with Crippen LogP contribution < -0.4 is 27.0 Å². The Morgan fingerprint density at radius 2 is 1.44 bits per heavy atom. The van der Waals surface area contributed by atoms with Crippen molar-refractivity contribution in [3.8, 4) is 5.75 Å². The third-order valence-corrected chi connectivity index (χ3v) is 8.17. The van der Waals surface area contributed by atoms with Crippen LogP contribution in [0.25, 0.3) is 0 Å². The SMILES string of the molecule is CC[C@H](NC(C)=O)C(=O)N[C@H](Cc1ccc(O)cc1)C(=O)N[C@@H](CC(C)C)C(=O)N[C@@H](CCC(N)=O)[C@@H](S)CS(C)(=O)=O. The van der Waals surface area contributed by atoms with E-state index in [1.807, 2.05) is 13.8 Å². The summed E-state index contributed by atoms with van der Waals surface area (Å²) in [5.41, 5.74) is 5.88. The number of sulfone groups is 1. The Kier molecular flexibility index (Phi) is 15.5. The molecule has 5 amide bonds. The van der Waals surface area contributed by atoms with Gasteiger partial charge in [0.2, 0.25) is 29.5 Å². The Balaban J connectivity index is 3.27. The molecule has 0 heterocycles. The number of thiol groups is 1. The van der Waals surface area contributed by atoms with Crippen molar-refractivity contribution in [2.24, 2.45) is 11.7 Å². The monoisotopic (exact) mass is 643 g/mol. The van der Waals surface area contributed by atoms with Crippen molar-refractivity contribution in [1.82, 2.24) is 21.3 Å². The lowest BCUT2D eigenvalue weighted by Crippen LogP contribution is -2.58. The largest absolute Gasteiger partial charge is 0.508 e. The van der Waals surface area contributed by atoms with Crippen LogP contribution >= 0.6 is 12.6 Å². The Labute approximate surface area is 258 Å². The lowest BCUT2D eigenvalue weighted by atomic mass is 9.99. The molecule has 0 saturated heterocycles. The Morgan fingerprint density at radius 3 is 1.93 bits per heavy atom. The van der Waals surface area contributed by atoms with Gasteiger partial charge in [0.1, 0.15) is 33.7 Å².